The largest absolute Gasteiger partial charge is 0.385 e. The third-order valence-corrected chi connectivity index (χ3v) is 2.25. The van der Waals surface area contributed by atoms with E-state index in [4.69, 9.17) is 0 Å². The predicted molar refractivity (Wildman–Crippen MR) is 44.7 cm³/mol. The summed E-state index contributed by atoms with van der Waals surface area (Å²) in [5.41, 5.74) is 0. The van der Waals surface area contributed by atoms with Crippen LogP contribution in [-0.4, -0.2) is 23.9 Å². The summed E-state index contributed by atoms with van der Waals surface area (Å²) in [6.07, 6.45) is -9.04. The van der Waals surface area contributed by atoms with Gasteiger partial charge in [0.15, 0.2) is 6.17 Å². The maximum Gasteiger partial charge on any atom is 0.385 e. The third kappa shape index (κ3) is 2.85. The quantitative estimate of drug-likeness (QED) is 0.588. The minimum Gasteiger partial charge on any atom is -0.241 e. The monoisotopic (exact) mass is 289 g/mol. The van der Waals surface area contributed by atoms with Crippen LogP contribution in [0, 0.1) is 6.43 Å². The SMILES string of the molecule is CCCCC(F)C(F)(F)C(F)(F)C(F)(F)[C](F)F. The molecule has 0 aromatic carbocycles. The highest BCUT2D eigenvalue weighted by Crippen LogP contribution is 2.53. The Balaban J connectivity index is 5.18. The van der Waals surface area contributed by atoms with Crippen molar-refractivity contribution < 1.29 is 39.5 Å². The smallest absolute Gasteiger partial charge is 0.241 e. The van der Waals surface area contributed by atoms with E-state index in [1.165, 1.54) is 6.92 Å². The van der Waals surface area contributed by atoms with E-state index in [9.17, 15) is 39.5 Å². The molecule has 0 aromatic rings. The Labute approximate surface area is 97.1 Å². The van der Waals surface area contributed by atoms with Crippen LogP contribution in [0.5, 0.6) is 0 Å². The summed E-state index contributed by atoms with van der Waals surface area (Å²) in [5.74, 6) is -18.8. The molecule has 0 aliphatic rings. The Morgan fingerprint density at radius 2 is 1.44 bits per heavy atom. The second-order valence-corrected chi connectivity index (χ2v) is 3.64. The van der Waals surface area contributed by atoms with Gasteiger partial charge < -0.3 is 0 Å². The Hall–Kier alpha value is -0.630. The maximum atomic E-state index is 12.8. The molecule has 1 radical (unpaired) electrons. The molecule has 0 aromatic heterocycles. The van der Waals surface area contributed by atoms with Crippen LogP contribution in [0.1, 0.15) is 26.2 Å². The second-order valence-electron chi connectivity index (χ2n) is 3.64. The summed E-state index contributed by atoms with van der Waals surface area (Å²) >= 11 is 0. The van der Waals surface area contributed by atoms with Crippen LogP contribution in [0.25, 0.3) is 0 Å². The lowest BCUT2D eigenvalue weighted by atomic mass is 9.97. The topological polar surface area (TPSA) is 0 Å². The van der Waals surface area contributed by atoms with E-state index in [0.29, 0.717) is 0 Å². The van der Waals surface area contributed by atoms with Crippen LogP contribution in [0.4, 0.5) is 39.5 Å². The first-order valence-corrected chi connectivity index (χ1v) is 4.88. The van der Waals surface area contributed by atoms with Gasteiger partial charge in [0.1, 0.15) is 0 Å². The fraction of sp³-hybridized carbons (Fsp3) is 0.889. The lowest BCUT2D eigenvalue weighted by molar-refractivity contribution is -0.332. The van der Waals surface area contributed by atoms with Crippen LogP contribution < -0.4 is 0 Å². The maximum absolute atomic E-state index is 12.8. The highest BCUT2D eigenvalue weighted by atomic mass is 19.4. The van der Waals surface area contributed by atoms with Crippen molar-refractivity contribution in [3.05, 3.63) is 6.43 Å². The van der Waals surface area contributed by atoms with Gasteiger partial charge in [0.2, 0.25) is 0 Å². The van der Waals surface area contributed by atoms with Gasteiger partial charge >= 0.3 is 24.2 Å². The average Bonchev–Trinajstić information content (AvgIpc) is 2.24. The zero-order chi connectivity index (χ0) is 14.8. The van der Waals surface area contributed by atoms with Crippen molar-refractivity contribution in [1.29, 1.82) is 0 Å². The minimum absolute atomic E-state index is 0.155. The molecular weight excluding hydrogens is 279 g/mol. The summed E-state index contributed by atoms with van der Waals surface area (Å²) < 4.78 is 112. The lowest BCUT2D eigenvalue weighted by Crippen LogP contribution is -2.59. The standard InChI is InChI=1S/C9H10F9/c1-2-3-4-5(10)7(13,14)9(17,18)8(15,16)6(11)12/h5H,2-4H2,1H3. The summed E-state index contributed by atoms with van der Waals surface area (Å²) in [6, 6.07) is 0. The van der Waals surface area contributed by atoms with Gasteiger partial charge in [-0.3, -0.25) is 0 Å². The van der Waals surface area contributed by atoms with Crippen LogP contribution in [-0.2, 0) is 0 Å². The van der Waals surface area contributed by atoms with Crippen molar-refractivity contribution in [2.45, 2.75) is 50.1 Å². The summed E-state index contributed by atoms with van der Waals surface area (Å²) in [5, 5.41) is 0. The van der Waals surface area contributed by atoms with Crippen molar-refractivity contribution in [1.82, 2.24) is 0 Å². The number of hydrogen-bond acceptors (Lipinski definition) is 0. The Morgan fingerprint density at radius 3 is 1.78 bits per heavy atom. The van der Waals surface area contributed by atoms with Gasteiger partial charge in [-0.2, -0.15) is 35.1 Å². The van der Waals surface area contributed by atoms with E-state index in [-0.39, 0.29) is 12.8 Å². The third-order valence-electron chi connectivity index (χ3n) is 2.25. The van der Waals surface area contributed by atoms with Gasteiger partial charge in [-0.1, -0.05) is 19.8 Å². The normalized spacial score (nSPS) is 16.2. The van der Waals surface area contributed by atoms with E-state index in [0.717, 1.165) is 0 Å². The second kappa shape index (κ2) is 5.56. The lowest BCUT2D eigenvalue weighted by Gasteiger charge is -2.33. The predicted octanol–water partition coefficient (Wildman–Crippen LogP) is 4.85. The minimum atomic E-state index is -6.49. The molecule has 0 saturated heterocycles. The Kier molecular flexibility index (Phi) is 5.37. The van der Waals surface area contributed by atoms with Gasteiger partial charge in [0.25, 0.3) is 0 Å². The molecule has 0 nitrogen and oxygen atoms in total. The molecule has 1 atom stereocenters. The summed E-state index contributed by atoms with van der Waals surface area (Å²) in [6.45, 7) is 1.42. The van der Waals surface area contributed by atoms with Gasteiger partial charge in [-0.05, 0) is 6.42 Å². The van der Waals surface area contributed by atoms with Crippen molar-refractivity contribution in [3.63, 3.8) is 0 Å². The highest BCUT2D eigenvalue weighted by Gasteiger charge is 2.78. The van der Waals surface area contributed by atoms with Crippen molar-refractivity contribution >= 4 is 0 Å². The molecule has 18 heavy (non-hydrogen) atoms. The number of unbranched alkanes of at least 4 members (excludes halogenated alkanes) is 1. The molecule has 0 rings (SSSR count). The molecule has 0 saturated carbocycles. The van der Waals surface area contributed by atoms with E-state index >= 15 is 0 Å². The van der Waals surface area contributed by atoms with Gasteiger partial charge in [0.05, 0.1) is 0 Å². The molecule has 9 heteroatoms. The van der Waals surface area contributed by atoms with E-state index in [1.807, 2.05) is 0 Å². The molecule has 0 spiro atoms. The number of rotatable bonds is 7. The van der Waals surface area contributed by atoms with Crippen molar-refractivity contribution in [2.24, 2.45) is 0 Å². The Morgan fingerprint density at radius 1 is 1.00 bits per heavy atom. The van der Waals surface area contributed by atoms with E-state index < -0.39 is 36.8 Å². The molecule has 0 aliphatic heterocycles. The molecule has 109 valence electrons. The van der Waals surface area contributed by atoms with Crippen LogP contribution in [0.2, 0.25) is 0 Å². The Bertz CT molecular complexity index is 261. The van der Waals surface area contributed by atoms with Crippen molar-refractivity contribution in [3.8, 4) is 0 Å². The first-order valence-electron chi connectivity index (χ1n) is 4.88. The van der Waals surface area contributed by atoms with Gasteiger partial charge in [-0.25, -0.2) is 4.39 Å². The van der Waals surface area contributed by atoms with Gasteiger partial charge in [-0.15, -0.1) is 0 Å². The number of halogens is 9. The fourth-order valence-corrected chi connectivity index (χ4v) is 1.09. The molecular formula is C9H10F9. The van der Waals surface area contributed by atoms with Crippen LogP contribution in [0.15, 0.2) is 0 Å². The zero-order valence-electron chi connectivity index (χ0n) is 9.10. The average molecular weight is 289 g/mol. The molecule has 0 aliphatic carbocycles. The highest BCUT2D eigenvalue weighted by molar-refractivity contribution is 5.06. The molecule has 0 fully saturated rings. The van der Waals surface area contributed by atoms with E-state index in [2.05, 4.69) is 0 Å². The first kappa shape index (κ1) is 17.4. The van der Waals surface area contributed by atoms with Crippen LogP contribution in [0.3, 0.4) is 0 Å². The van der Waals surface area contributed by atoms with Gasteiger partial charge in [0, 0.05) is 0 Å². The fourth-order valence-electron chi connectivity index (χ4n) is 1.09. The first-order chi connectivity index (χ1) is 7.92. The zero-order valence-corrected chi connectivity index (χ0v) is 9.10. The van der Waals surface area contributed by atoms with E-state index in [1.54, 1.807) is 0 Å². The number of hydrogen-bond donors (Lipinski definition) is 0. The molecule has 1 unspecified atom stereocenters. The molecule has 0 N–H and O–H groups in total. The summed E-state index contributed by atoms with van der Waals surface area (Å²) in [4.78, 5) is 0. The van der Waals surface area contributed by atoms with Crippen LogP contribution >= 0.6 is 0 Å². The molecule has 0 amide bonds. The van der Waals surface area contributed by atoms with Crippen molar-refractivity contribution in [2.75, 3.05) is 0 Å². The summed E-state index contributed by atoms with van der Waals surface area (Å²) in [7, 11) is 0. The molecule has 0 bridgehead atoms. The molecule has 0 heterocycles. The number of alkyl halides is 7.